The molecule has 2 rings (SSSR count). The van der Waals surface area contributed by atoms with E-state index in [1.807, 2.05) is 0 Å². The lowest BCUT2D eigenvalue weighted by Gasteiger charge is -2.15. The summed E-state index contributed by atoms with van der Waals surface area (Å²) in [7, 11) is -4.62. The second-order valence-electron chi connectivity index (χ2n) is 4.47. The third-order valence-electron chi connectivity index (χ3n) is 2.76. The van der Waals surface area contributed by atoms with E-state index in [4.69, 9.17) is 0 Å². The molecule has 1 aromatic heterocycles. The molecule has 1 N–H and O–H groups in total. The number of anilines is 1. The maximum absolute atomic E-state index is 12.6. The summed E-state index contributed by atoms with van der Waals surface area (Å²) in [6.45, 7) is 1.60. The Hall–Kier alpha value is -1.77. The van der Waals surface area contributed by atoms with Gasteiger partial charge in [-0.25, -0.2) is 4.98 Å². The highest BCUT2D eigenvalue weighted by atomic mass is 32.3. The number of hydrogen-bond donors (Lipinski definition) is 1. The zero-order valence-electron chi connectivity index (χ0n) is 10.1. The number of nitrogens with zero attached hydrogens (tertiary/aromatic N) is 2. The number of rotatable bonds is 3. The first-order chi connectivity index (χ1) is 8.74. The van der Waals surface area contributed by atoms with E-state index < -0.39 is 27.5 Å². The van der Waals surface area contributed by atoms with E-state index >= 15 is 0 Å². The van der Waals surface area contributed by atoms with Gasteiger partial charge in [0.15, 0.2) is 0 Å². The Kier molecular flexibility index (Phi) is 3.40. The standard InChI is InChI=1S/C10H12FN3O4S/c1-6-12-8(3-9(15)13-6)14-4-7(2-10(14)16)5-19(11,17)18/h3,7H,2,4-5H2,1H3,(H,12,13,15). The molecule has 2 heterocycles. The van der Waals surface area contributed by atoms with Gasteiger partial charge < -0.3 is 4.98 Å². The molecular formula is C10H12FN3O4S. The summed E-state index contributed by atoms with van der Waals surface area (Å²) >= 11 is 0. The first-order valence-corrected chi connectivity index (χ1v) is 7.10. The van der Waals surface area contributed by atoms with Crippen molar-refractivity contribution < 1.29 is 17.1 Å². The van der Waals surface area contributed by atoms with Gasteiger partial charge >= 0.3 is 10.2 Å². The molecule has 1 aliphatic rings. The van der Waals surface area contributed by atoms with Gasteiger partial charge in [-0.15, -0.1) is 3.89 Å². The first kappa shape index (κ1) is 13.7. The molecule has 9 heteroatoms. The number of carbonyl (C=O) groups excluding carboxylic acids is 1. The van der Waals surface area contributed by atoms with E-state index in [1.54, 1.807) is 6.92 Å². The average molecular weight is 289 g/mol. The minimum Gasteiger partial charge on any atom is -0.311 e. The third kappa shape index (κ3) is 3.37. The predicted molar refractivity (Wildman–Crippen MR) is 64.9 cm³/mol. The summed E-state index contributed by atoms with van der Waals surface area (Å²) in [5.41, 5.74) is -0.406. The summed E-state index contributed by atoms with van der Waals surface area (Å²) in [4.78, 5) is 30.7. The van der Waals surface area contributed by atoms with E-state index in [9.17, 15) is 21.9 Å². The lowest BCUT2D eigenvalue weighted by atomic mass is 10.1. The number of amides is 1. The summed E-state index contributed by atoms with van der Waals surface area (Å²) < 4.78 is 33.8. The number of carbonyl (C=O) groups is 1. The monoisotopic (exact) mass is 289 g/mol. The van der Waals surface area contributed by atoms with Crippen molar-refractivity contribution in [2.24, 2.45) is 5.92 Å². The van der Waals surface area contributed by atoms with Gasteiger partial charge in [-0.1, -0.05) is 0 Å². The van der Waals surface area contributed by atoms with Crippen molar-refractivity contribution in [3.05, 3.63) is 22.2 Å². The molecule has 0 saturated carbocycles. The minimum absolute atomic E-state index is 0.0396. The molecule has 1 amide bonds. The van der Waals surface area contributed by atoms with Crippen LogP contribution in [0.1, 0.15) is 12.2 Å². The molecule has 0 aromatic carbocycles. The van der Waals surface area contributed by atoms with Gasteiger partial charge in [0.25, 0.3) is 5.56 Å². The number of hydrogen-bond acceptors (Lipinski definition) is 5. The molecule has 7 nitrogen and oxygen atoms in total. The van der Waals surface area contributed by atoms with Crippen LogP contribution in [0.4, 0.5) is 9.70 Å². The number of halogens is 1. The Balaban J connectivity index is 2.22. The molecule has 0 aliphatic carbocycles. The van der Waals surface area contributed by atoms with E-state index in [0.29, 0.717) is 5.82 Å². The van der Waals surface area contributed by atoms with Gasteiger partial charge in [0, 0.05) is 24.9 Å². The number of nitrogens with one attached hydrogen (secondary N) is 1. The lowest BCUT2D eigenvalue weighted by Crippen LogP contribution is -2.28. The smallest absolute Gasteiger partial charge is 0.302 e. The van der Waals surface area contributed by atoms with Crippen LogP contribution in [-0.2, 0) is 15.0 Å². The van der Waals surface area contributed by atoms with E-state index in [1.165, 1.54) is 4.90 Å². The van der Waals surface area contributed by atoms with Crippen LogP contribution in [-0.4, -0.2) is 36.6 Å². The van der Waals surface area contributed by atoms with Crippen LogP contribution in [0.5, 0.6) is 0 Å². The summed E-state index contributed by atoms with van der Waals surface area (Å²) in [5, 5.41) is 0. The fourth-order valence-corrected chi connectivity index (χ4v) is 2.88. The molecule has 1 aliphatic heterocycles. The molecule has 0 spiro atoms. The topological polar surface area (TPSA) is 100 Å². The Bertz CT molecular complexity index is 670. The average Bonchev–Trinajstić information content (AvgIpc) is 2.54. The van der Waals surface area contributed by atoms with Gasteiger partial charge in [0.05, 0.1) is 5.75 Å². The molecular weight excluding hydrogens is 277 g/mol. The zero-order chi connectivity index (χ0) is 14.2. The normalized spacial score (nSPS) is 20.0. The number of H-pyrrole nitrogens is 1. The van der Waals surface area contributed by atoms with Crippen molar-refractivity contribution in [2.75, 3.05) is 17.2 Å². The number of aryl methyl sites for hydroxylation is 1. The Morgan fingerprint density at radius 3 is 2.79 bits per heavy atom. The first-order valence-electron chi connectivity index (χ1n) is 5.55. The van der Waals surface area contributed by atoms with Crippen LogP contribution in [0.15, 0.2) is 10.9 Å². The predicted octanol–water partition coefficient (Wildman–Crippen LogP) is -0.269. The third-order valence-corrected chi connectivity index (χ3v) is 3.63. The SMILES string of the molecule is Cc1nc(N2CC(CS(=O)(=O)F)CC2=O)cc(=O)[nH]1. The van der Waals surface area contributed by atoms with Crippen molar-refractivity contribution in [3.63, 3.8) is 0 Å². The highest BCUT2D eigenvalue weighted by Crippen LogP contribution is 2.24. The van der Waals surface area contributed by atoms with Gasteiger partial charge in [0.1, 0.15) is 11.6 Å². The second kappa shape index (κ2) is 4.72. The quantitative estimate of drug-likeness (QED) is 0.772. The largest absolute Gasteiger partial charge is 0.311 e. The second-order valence-corrected chi connectivity index (χ2v) is 5.88. The van der Waals surface area contributed by atoms with Crippen molar-refractivity contribution in [2.45, 2.75) is 13.3 Å². The zero-order valence-corrected chi connectivity index (χ0v) is 10.9. The highest BCUT2D eigenvalue weighted by molar-refractivity contribution is 7.86. The van der Waals surface area contributed by atoms with Gasteiger partial charge in [-0.05, 0) is 6.92 Å². The summed E-state index contributed by atoms with van der Waals surface area (Å²) in [5.74, 6) is -1.19. The number of aromatic nitrogens is 2. The van der Waals surface area contributed by atoms with Crippen LogP contribution in [0.25, 0.3) is 0 Å². The van der Waals surface area contributed by atoms with Crippen LogP contribution in [0, 0.1) is 12.8 Å². The maximum atomic E-state index is 12.6. The van der Waals surface area contributed by atoms with Crippen molar-refractivity contribution in [1.29, 1.82) is 0 Å². The minimum atomic E-state index is -4.62. The fourth-order valence-electron chi connectivity index (χ4n) is 2.10. The molecule has 1 unspecified atom stereocenters. The van der Waals surface area contributed by atoms with E-state index in [0.717, 1.165) is 6.07 Å². The van der Waals surface area contributed by atoms with Gasteiger partial charge in [0.2, 0.25) is 5.91 Å². The maximum Gasteiger partial charge on any atom is 0.302 e. The fraction of sp³-hybridized carbons (Fsp3) is 0.500. The molecule has 1 aromatic rings. The molecule has 1 atom stereocenters. The molecule has 104 valence electrons. The van der Waals surface area contributed by atoms with Crippen LogP contribution in [0.3, 0.4) is 0 Å². The van der Waals surface area contributed by atoms with Crippen LogP contribution >= 0.6 is 0 Å². The number of aromatic amines is 1. The summed E-state index contributed by atoms with van der Waals surface area (Å²) in [6.07, 6.45) is -0.0727. The Labute approximate surface area is 108 Å². The highest BCUT2D eigenvalue weighted by Gasteiger charge is 2.34. The molecule has 19 heavy (non-hydrogen) atoms. The van der Waals surface area contributed by atoms with Crippen LogP contribution in [0.2, 0.25) is 0 Å². The Morgan fingerprint density at radius 2 is 2.21 bits per heavy atom. The lowest BCUT2D eigenvalue weighted by molar-refractivity contribution is -0.117. The van der Waals surface area contributed by atoms with Crippen molar-refractivity contribution in [3.8, 4) is 0 Å². The van der Waals surface area contributed by atoms with Crippen molar-refractivity contribution in [1.82, 2.24) is 9.97 Å². The van der Waals surface area contributed by atoms with E-state index in [-0.39, 0.29) is 24.7 Å². The van der Waals surface area contributed by atoms with Crippen LogP contribution < -0.4 is 10.5 Å². The van der Waals surface area contributed by atoms with Gasteiger partial charge in [-0.3, -0.25) is 14.5 Å². The van der Waals surface area contributed by atoms with E-state index in [2.05, 4.69) is 9.97 Å². The van der Waals surface area contributed by atoms with Crippen molar-refractivity contribution >= 4 is 21.9 Å². The molecule has 0 bridgehead atoms. The molecule has 0 radical (unpaired) electrons. The summed E-state index contributed by atoms with van der Waals surface area (Å²) in [6, 6.07) is 1.15. The Morgan fingerprint density at radius 1 is 1.53 bits per heavy atom. The molecule has 1 fully saturated rings. The molecule has 1 saturated heterocycles. The van der Waals surface area contributed by atoms with Gasteiger partial charge in [-0.2, -0.15) is 8.42 Å².